The van der Waals surface area contributed by atoms with Crippen LogP contribution in [0.4, 0.5) is 0 Å². The number of carbonyl (C=O) groups is 1. The standard InChI is InChI=1S/C6H9NO/c1-5(4-7)3-6(2)8/h5H,3H2,1-2H3/t5-/m0/s1. The van der Waals surface area contributed by atoms with Crippen molar-refractivity contribution in [1.82, 2.24) is 0 Å². The molecule has 0 aromatic carbocycles. The number of hydrogen-bond donors (Lipinski definition) is 0. The minimum Gasteiger partial charge on any atom is -0.300 e. The van der Waals surface area contributed by atoms with E-state index in [1.165, 1.54) is 6.92 Å². The third-order valence-corrected chi connectivity index (χ3v) is 0.814. The highest BCUT2D eigenvalue weighted by atomic mass is 16.1. The molecular weight excluding hydrogens is 102 g/mol. The minimum absolute atomic E-state index is 0.0825. The zero-order valence-corrected chi connectivity index (χ0v) is 5.14. The molecule has 0 aliphatic rings. The van der Waals surface area contributed by atoms with E-state index in [4.69, 9.17) is 5.26 Å². The number of rotatable bonds is 2. The Morgan fingerprint density at radius 2 is 2.38 bits per heavy atom. The molecule has 8 heavy (non-hydrogen) atoms. The largest absolute Gasteiger partial charge is 0.300 e. The van der Waals surface area contributed by atoms with Crippen molar-refractivity contribution < 1.29 is 4.79 Å². The second-order valence-electron chi connectivity index (χ2n) is 1.94. The average molecular weight is 111 g/mol. The lowest BCUT2D eigenvalue weighted by Crippen LogP contribution is -1.97. The van der Waals surface area contributed by atoms with E-state index in [1.54, 1.807) is 6.92 Å². The molecule has 0 bridgehead atoms. The lowest BCUT2D eigenvalue weighted by molar-refractivity contribution is -0.117. The van der Waals surface area contributed by atoms with E-state index in [-0.39, 0.29) is 11.7 Å². The van der Waals surface area contributed by atoms with Crippen LogP contribution in [0.15, 0.2) is 0 Å². The Kier molecular flexibility index (Phi) is 2.86. The topological polar surface area (TPSA) is 40.9 Å². The van der Waals surface area contributed by atoms with Gasteiger partial charge in [-0.1, -0.05) is 0 Å². The average Bonchev–Trinajstić information content (AvgIpc) is 1.65. The number of nitrogens with zero attached hydrogens (tertiary/aromatic N) is 1. The fraction of sp³-hybridized carbons (Fsp3) is 0.667. The van der Waals surface area contributed by atoms with Crippen LogP contribution in [0.5, 0.6) is 0 Å². The molecule has 0 aliphatic carbocycles. The first-order valence-corrected chi connectivity index (χ1v) is 2.56. The molecule has 0 unspecified atom stereocenters. The molecule has 0 aromatic rings. The Balaban J connectivity index is 3.43. The summed E-state index contributed by atoms with van der Waals surface area (Å²) in [4.78, 5) is 10.3. The molecule has 0 spiro atoms. The molecule has 0 heterocycles. The summed E-state index contributed by atoms with van der Waals surface area (Å²) in [6, 6.07) is 1.98. The molecule has 2 nitrogen and oxygen atoms in total. The Morgan fingerprint density at radius 1 is 1.88 bits per heavy atom. The fourth-order valence-corrected chi connectivity index (χ4v) is 0.477. The predicted octanol–water partition coefficient (Wildman–Crippen LogP) is 1.13. The van der Waals surface area contributed by atoms with Gasteiger partial charge >= 0.3 is 0 Å². The second kappa shape index (κ2) is 3.20. The molecule has 0 fully saturated rings. The summed E-state index contributed by atoms with van der Waals surface area (Å²) in [5.41, 5.74) is 0. The molecular formula is C6H9NO. The van der Waals surface area contributed by atoms with Crippen molar-refractivity contribution >= 4 is 5.78 Å². The summed E-state index contributed by atoms with van der Waals surface area (Å²) >= 11 is 0. The van der Waals surface area contributed by atoms with E-state index in [0.29, 0.717) is 6.42 Å². The molecule has 0 radical (unpaired) electrons. The van der Waals surface area contributed by atoms with Crippen LogP contribution in [0, 0.1) is 17.2 Å². The molecule has 0 saturated carbocycles. The van der Waals surface area contributed by atoms with Gasteiger partial charge in [0.2, 0.25) is 0 Å². The summed E-state index contributed by atoms with van der Waals surface area (Å²) in [6.45, 7) is 3.23. The van der Waals surface area contributed by atoms with Crippen LogP contribution in [-0.2, 0) is 4.79 Å². The Morgan fingerprint density at radius 3 is 2.50 bits per heavy atom. The second-order valence-corrected chi connectivity index (χ2v) is 1.94. The molecule has 0 amide bonds. The van der Waals surface area contributed by atoms with Crippen molar-refractivity contribution in [2.24, 2.45) is 5.92 Å². The van der Waals surface area contributed by atoms with Gasteiger partial charge in [0.1, 0.15) is 5.78 Å². The van der Waals surface area contributed by atoms with Crippen LogP contribution in [0.3, 0.4) is 0 Å². The zero-order chi connectivity index (χ0) is 6.57. The Labute approximate surface area is 49.1 Å². The highest BCUT2D eigenvalue weighted by molar-refractivity contribution is 5.75. The molecule has 0 rings (SSSR count). The molecule has 0 saturated heterocycles. The maximum absolute atomic E-state index is 10.3. The van der Waals surface area contributed by atoms with Crippen molar-refractivity contribution in [1.29, 1.82) is 5.26 Å². The first-order chi connectivity index (χ1) is 3.66. The van der Waals surface area contributed by atoms with Gasteiger partial charge in [-0.25, -0.2) is 0 Å². The summed E-state index contributed by atoms with van der Waals surface area (Å²) in [7, 11) is 0. The molecule has 0 aliphatic heterocycles. The molecule has 1 atom stereocenters. The first-order valence-electron chi connectivity index (χ1n) is 2.56. The van der Waals surface area contributed by atoms with Crippen molar-refractivity contribution in [3.05, 3.63) is 0 Å². The first kappa shape index (κ1) is 7.16. The number of hydrogen-bond acceptors (Lipinski definition) is 2. The number of carbonyl (C=O) groups excluding carboxylic acids is 1. The van der Waals surface area contributed by atoms with E-state index in [0.717, 1.165) is 0 Å². The highest BCUT2D eigenvalue weighted by Gasteiger charge is 2.00. The van der Waals surface area contributed by atoms with Crippen LogP contribution < -0.4 is 0 Å². The van der Waals surface area contributed by atoms with Gasteiger partial charge in [0, 0.05) is 6.42 Å². The van der Waals surface area contributed by atoms with Gasteiger partial charge < -0.3 is 0 Å². The van der Waals surface area contributed by atoms with Gasteiger partial charge in [-0.2, -0.15) is 5.26 Å². The van der Waals surface area contributed by atoms with Crippen molar-refractivity contribution in [2.75, 3.05) is 0 Å². The predicted molar refractivity (Wildman–Crippen MR) is 30.1 cm³/mol. The summed E-state index contributed by atoms with van der Waals surface area (Å²) < 4.78 is 0. The van der Waals surface area contributed by atoms with Gasteiger partial charge in [-0.15, -0.1) is 0 Å². The van der Waals surface area contributed by atoms with Crippen molar-refractivity contribution in [3.8, 4) is 6.07 Å². The molecule has 2 heteroatoms. The van der Waals surface area contributed by atoms with Crippen LogP contribution in [0.25, 0.3) is 0 Å². The van der Waals surface area contributed by atoms with Crippen LogP contribution in [0.2, 0.25) is 0 Å². The fourth-order valence-electron chi connectivity index (χ4n) is 0.477. The van der Waals surface area contributed by atoms with E-state index in [9.17, 15) is 4.79 Å². The zero-order valence-electron chi connectivity index (χ0n) is 5.14. The van der Waals surface area contributed by atoms with Gasteiger partial charge in [0.05, 0.1) is 12.0 Å². The lowest BCUT2D eigenvalue weighted by Gasteiger charge is -1.92. The van der Waals surface area contributed by atoms with Crippen molar-refractivity contribution in [3.63, 3.8) is 0 Å². The minimum atomic E-state index is -0.118. The highest BCUT2D eigenvalue weighted by Crippen LogP contribution is 1.98. The summed E-state index contributed by atoms with van der Waals surface area (Å²) in [5.74, 6) is -0.0356. The van der Waals surface area contributed by atoms with Crippen LogP contribution >= 0.6 is 0 Å². The Bertz CT molecular complexity index is 123. The maximum atomic E-state index is 10.3. The quantitative estimate of drug-likeness (QED) is 0.535. The van der Waals surface area contributed by atoms with E-state index in [2.05, 4.69) is 0 Å². The van der Waals surface area contributed by atoms with Crippen LogP contribution in [-0.4, -0.2) is 5.78 Å². The third-order valence-electron chi connectivity index (χ3n) is 0.814. The van der Waals surface area contributed by atoms with E-state index >= 15 is 0 Å². The van der Waals surface area contributed by atoms with Gasteiger partial charge in [0.15, 0.2) is 0 Å². The molecule has 44 valence electrons. The monoisotopic (exact) mass is 111 g/mol. The number of ketones is 1. The summed E-state index contributed by atoms with van der Waals surface area (Å²) in [5, 5.41) is 8.18. The van der Waals surface area contributed by atoms with Gasteiger partial charge in [-0.3, -0.25) is 4.79 Å². The lowest BCUT2D eigenvalue weighted by atomic mass is 10.1. The van der Waals surface area contributed by atoms with E-state index < -0.39 is 0 Å². The molecule has 0 aromatic heterocycles. The smallest absolute Gasteiger partial charge is 0.131 e. The van der Waals surface area contributed by atoms with Crippen LogP contribution in [0.1, 0.15) is 20.3 Å². The summed E-state index contributed by atoms with van der Waals surface area (Å²) in [6.07, 6.45) is 0.385. The Hall–Kier alpha value is -0.840. The third kappa shape index (κ3) is 3.35. The maximum Gasteiger partial charge on any atom is 0.131 e. The van der Waals surface area contributed by atoms with Gasteiger partial charge in [-0.05, 0) is 13.8 Å². The number of Topliss-reactive ketones (excluding diaryl/α,β-unsaturated/α-hetero) is 1. The molecule has 0 N–H and O–H groups in total. The SMILES string of the molecule is CC(=O)C[C@H](C)C#N. The van der Waals surface area contributed by atoms with Crippen molar-refractivity contribution in [2.45, 2.75) is 20.3 Å². The number of nitriles is 1. The normalized spacial score (nSPS) is 12.1. The van der Waals surface area contributed by atoms with Gasteiger partial charge in [0.25, 0.3) is 0 Å². The van der Waals surface area contributed by atoms with E-state index in [1.807, 2.05) is 6.07 Å².